The van der Waals surface area contributed by atoms with E-state index >= 15 is 0 Å². The van der Waals surface area contributed by atoms with Gasteiger partial charge in [0.2, 0.25) is 0 Å². The largest absolute Gasteiger partial charge is 0.289 e. The Balaban J connectivity index is 1.81. The summed E-state index contributed by atoms with van der Waals surface area (Å²) in [5.41, 5.74) is 0.393. The molecule has 1 aliphatic carbocycles. The lowest BCUT2D eigenvalue weighted by molar-refractivity contribution is 0.374. The maximum Gasteiger partial charge on any atom is 0.107 e. The summed E-state index contributed by atoms with van der Waals surface area (Å²) in [4.78, 5) is 0. The first-order chi connectivity index (χ1) is 6.40. The number of nitrogens with one attached hydrogen (secondary N) is 2. The van der Waals surface area contributed by atoms with E-state index in [2.05, 4.69) is 16.6 Å². The normalized spacial score (nSPS) is 38.2. The van der Waals surface area contributed by atoms with E-state index in [9.17, 15) is 0 Å². The number of hydrogen-bond donors (Lipinski definition) is 2. The minimum atomic E-state index is 0.393. The number of hydrogen-bond acceptors (Lipinski definition) is 3. The highest BCUT2D eigenvalue weighted by Gasteiger charge is 2.34. The van der Waals surface area contributed by atoms with Gasteiger partial charge >= 0.3 is 0 Å². The zero-order valence-corrected chi connectivity index (χ0v) is 8.57. The van der Waals surface area contributed by atoms with Crippen molar-refractivity contribution in [2.75, 3.05) is 5.75 Å². The molecule has 0 aromatic carbocycles. The van der Waals surface area contributed by atoms with Crippen LogP contribution in [0.5, 0.6) is 0 Å². The van der Waals surface area contributed by atoms with E-state index < -0.39 is 0 Å². The van der Waals surface area contributed by atoms with E-state index in [1.807, 2.05) is 0 Å². The number of fused-ring (bicyclic) bond motifs is 1. The van der Waals surface area contributed by atoms with E-state index in [0.29, 0.717) is 17.6 Å². The standard InChI is InChI=1S/C10H16N2S/c1-2-7-13-10-11-8-5-3-4-6-9(8)12-10/h1,8-12H,3-7H2. The fourth-order valence-corrected chi connectivity index (χ4v) is 3.00. The first-order valence-corrected chi connectivity index (χ1v) is 6.02. The van der Waals surface area contributed by atoms with Crippen LogP contribution in [0.4, 0.5) is 0 Å². The van der Waals surface area contributed by atoms with Gasteiger partial charge in [-0.2, -0.15) is 0 Å². The Bertz CT molecular complexity index is 197. The lowest BCUT2D eigenvalue weighted by Gasteiger charge is -2.23. The van der Waals surface area contributed by atoms with Gasteiger partial charge in [0.15, 0.2) is 0 Å². The van der Waals surface area contributed by atoms with Gasteiger partial charge in [-0.3, -0.25) is 10.6 Å². The SMILES string of the molecule is C#CCSC1NC2CCCCC2N1. The molecule has 0 radical (unpaired) electrons. The van der Waals surface area contributed by atoms with Gasteiger partial charge in [0.1, 0.15) is 5.50 Å². The fourth-order valence-electron chi connectivity index (χ4n) is 2.19. The summed E-state index contributed by atoms with van der Waals surface area (Å²) >= 11 is 1.79. The van der Waals surface area contributed by atoms with Crippen LogP contribution < -0.4 is 10.6 Å². The molecule has 2 rings (SSSR count). The number of terminal acetylenes is 1. The summed E-state index contributed by atoms with van der Waals surface area (Å²) < 4.78 is 0. The van der Waals surface area contributed by atoms with Crippen molar-refractivity contribution in [3.05, 3.63) is 0 Å². The van der Waals surface area contributed by atoms with Crippen LogP contribution >= 0.6 is 11.8 Å². The maximum absolute atomic E-state index is 5.23. The maximum atomic E-state index is 5.23. The number of rotatable bonds is 2. The topological polar surface area (TPSA) is 24.1 Å². The van der Waals surface area contributed by atoms with Crippen LogP contribution in [0.2, 0.25) is 0 Å². The Morgan fingerprint density at radius 2 is 1.85 bits per heavy atom. The van der Waals surface area contributed by atoms with Gasteiger partial charge in [-0.05, 0) is 12.8 Å². The summed E-state index contributed by atoms with van der Waals surface area (Å²) in [6.07, 6.45) is 10.6. The average molecular weight is 196 g/mol. The van der Waals surface area contributed by atoms with Crippen molar-refractivity contribution in [2.45, 2.75) is 43.3 Å². The second-order valence-electron chi connectivity index (χ2n) is 3.73. The molecule has 2 nitrogen and oxygen atoms in total. The van der Waals surface area contributed by atoms with Crippen molar-refractivity contribution < 1.29 is 0 Å². The molecule has 0 amide bonds. The molecule has 1 saturated heterocycles. The van der Waals surface area contributed by atoms with E-state index in [-0.39, 0.29) is 0 Å². The molecule has 3 heteroatoms. The molecule has 0 aromatic rings. The minimum absolute atomic E-state index is 0.393. The summed E-state index contributed by atoms with van der Waals surface area (Å²) in [7, 11) is 0. The third-order valence-corrected chi connectivity index (χ3v) is 3.77. The van der Waals surface area contributed by atoms with Crippen LogP contribution in [0.3, 0.4) is 0 Å². The molecule has 2 aliphatic rings. The first-order valence-electron chi connectivity index (χ1n) is 4.97. The molecule has 0 bridgehead atoms. The van der Waals surface area contributed by atoms with E-state index in [4.69, 9.17) is 6.42 Å². The lowest BCUT2D eigenvalue weighted by Crippen LogP contribution is -2.36. The summed E-state index contributed by atoms with van der Waals surface area (Å²) in [6.45, 7) is 0. The molecule has 2 atom stereocenters. The summed E-state index contributed by atoms with van der Waals surface area (Å²) in [6, 6.07) is 1.40. The van der Waals surface area contributed by atoms with Crippen LogP contribution in [0.1, 0.15) is 25.7 Å². The summed E-state index contributed by atoms with van der Waals surface area (Å²) in [5.74, 6) is 3.45. The molecular formula is C10H16N2S. The van der Waals surface area contributed by atoms with E-state index in [1.54, 1.807) is 11.8 Å². The van der Waals surface area contributed by atoms with E-state index in [0.717, 1.165) is 5.75 Å². The van der Waals surface area contributed by atoms with Gasteiger partial charge < -0.3 is 0 Å². The monoisotopic (exact) mass is 196 g/mol. The Kier molecular flexibility index (Phi) is 3.15. The smallest absolute Gasteiger partial charge is 0.107 e. The molecule has 2 unspecified atom stereocenters. The van der Waals surface area contributed by atoms with Crippen LogP contribution in [0.25, 0.3) is 0 Å². The Hall–Kier alpha value is -0.170. The van der Waals surface area contributed by atoms with Crippen LogP contribution in [-0.4, -0.2) is 23.3 Å². The lowest BCUT2D eigenvalue weighted by atomic mass is 9.92. The Morgan fingerprint density at radius 1 is 1.23 bits per heavy atom. The molecule has 1 saturated carbocycles. The predicted octanol–water partition coefficient (Wildman–Crippen LogP) is 1.14. The third-order valence-electron chi connectivity index (χ3n) is 2.83. The van der Waals surface area contributed by atoms with Crippen LogP contribution in [0, 0.1) is 12.3 Å². The Morgan fingerprint density at radius 3 is 2.38 bits per heavy atom. The minimum Gasteiger partial charge on any atom is -0.289 e. The van der Waals surface area contributed by atoms with Crippen molar-refractivity contribution in [2.24, 2.45) is 0 Å². The van der Waals surface area contributed by atoms with Crippen molar-refractivity contribution in [1.29, 1.82) is 0 Å². The molecule has 2 N–H and O–H groups in total. The second kappa shape index (κ2) is 4.36. The first kappa shape index (κ1) is 9.39. The third kappa shape index (κ3) is 2.19. The van der Waals surface area contributed by atoms with Crippen LogP contribution in [0.15, 0.2) is 0 Å². The fraction of sp³-hybridized carbons (Fsp3) is 0.800. The molecule has 2 fully saturated rings. The molecule has 1 aliphatic heterocycles. The van der Waals surface area contributed by atoms with Crippen molar-refractivity contribution in [3.63, 3.8) is 0 Å². The molecule has 1 heterocycles. The van der Waals surface area contributed by atoms with Gasteiger partial charge in [0.25, 0.3) is 0 Å². The molecule has 0 aromatic heterocycles. The highest BCUT2D eigenvalue weighted by molar-refractivity contribution is 8.00. The highest BCUT2D eigenvalue weighted by atomic mass is 32.2. The van der Waals surface area contributed by atoms with Gasteiger partial charge in [-0.25, -0.2) is 0 Å². The molecular weight excluding hydrogens is 180 g/mol. The predicted molar refractivity (Wildman–Crippen MR) is 57.4 cm³/mol. The zero-order chi connectivity index (χ0) is 9.10. The molecule has 72 valence electrons. The average Bonchev–Trinajstić information content (AvgIpc) is 2.57. The van der Waals surface area contributed by atoms with Gasteiger partial charge in [0.05, 0.1) is 5.75 Å². The quantitative estimate of drug-likeness (QED) is 0.648. The van der Waals surface area contributed by atoms with Crippen LogP contribution in [-0.2, 0) is 0 Å². The highest BCUT2D eigenvalue weighted by Crippen LogP contribution is 2.25. The van der Waals surface area contributed by atoms with E-state index in [1.165, 1.54) is 25.7 Å². The molecule has 0 spiro atoms. The summed E-state index contributed by atoms with van der Waals surface area (Å²) in [5, 5.41) is 7.17. The molecule has 13 heavy (non-hydrogen) atoms. The Labute approximate surface area is 84.2 Å². The van der Waals surface area contributed by atoms with Crippen molar-refractivity contribution in [3.8, 4) is 12.3 Å². The number of thioether (sulfide) groups is 1. The van der Waals surface area contributed by atoms with Crippen molar-refractivity contribution in [1.82, 2.24) is 10.6 Å². The second-order valence-corrected chi connectivity index (χ2v) is 4.82. The zero-order valence-electron chi connectivity index (χ0n) is 7.75. The van der Waals surface area contributed by atoms with Gasteiger partial charge in [0, 0.05) is 12.1 Å². The van der Waals surface area contributed by atoms with Gasteiger partial charge in [-0.15, -0.1) is 18.2 Å². The van der Waals surface area contributed by atoms with Crippen molar-refractivity contribution >= 4 is 11.8 Å². The van der Waals surface area contributed by atoms with Gasteiger partial charge in [-0.1, -0.05) is 18.8 Å².